The Labute approximate surface area is 116 Å². The Morgan fingerprint density at radius 3 is 2.53 bits per heavy atom. The van der Waals surface area contributed by atoms with Crippen LogP contribution in [0.15, 0.2) is 30.3 Å². The average Bonchev–Trinajstić information content (AvgIpc) is 2.34. The molecule has 104 valence electrons. The van der Waals surface area contributed by atoms with Gasteiger partial charge in [-0.2, -0.15) is 0 Å². The summed E-state index contributed by atoms with van der Waals surface area (Å²) in [7, 11) is 0. The highest BCUT2D eigenvalue weighted by molar-refractivity contribution is 5.68. The molecule has 0 saturated carbocycles. The second-order valence-corrected chi connectivity index (χ2v) is 6.27. The summed E-state index contributed by atoms with van der Waals surface area (Å²) in [6.07, 6.45) is 5.41. The van der Waals surface area contributed by atoms with Crippen LogP contribution in [0.5, 0.6) is 5.75 Å². The zero-order valence-corrected chi connectivity index (χ0v) is 12.3. The minimum absolute atomic E-state index is 0.176. The molecule has 2 heteroatoms. The first kappa shape index (κ1) is 14.1. The maximum absolute atomic E-state index is 6.13. The van der Waals surface area contributed by atoms with E-state index in [0.29, 0.717) is 5.41 Å². The first-order valence-electron chi connectivity index (χ1n) is 7.20. The van der Waals surface area contributed by atoms with Crippen LogP contribution < -0.4 is 10.5 Å². The number of ether oxygens (including phenoxy) is 1. The molecule has 1 aliphatic carbocycles. The van der Waals surface area contributed by atoms with E-state index in [4.69, 9.17) is 10.5 Å². The minimum atomic E-state index is 0.176. The first-order valence-corrected chi connectivity index (χ1v) is 7.20. The van der Waals surface area contributed by atoms with Crippen LogP contribution in [-0.4, -0.2) is 12.6 Å². The highest BCUT2D eigenvalue weighted by atomic mass is 16.5. The number of hydrogen-bond donors (Lipinski definition) is 1. The molecule has 1 aromatic rings. The Kier molecular flexibility index (Phi) is 4.31. The fourth-order valence-corrected chi connectivity index (χ4v) is 2.79. The molecule has 2 nitrogen and oxygen atoms in total. The van der Waals surface area contributed by atoms with E-state index in [-0.39, 0.29) is 6.04 Å². The van der Waals surface area contributed by atoms with Gasteiger partial charge in [-0.15, -0.1) is 0 Å². The Bertz CT molecular complexity index is 445. The van der Waals surface area contributed by atoms with Gasteiger partial charge < -0.3 is 10.5 Å². The van der Waals surface area contributed by atoms with E-state index in [9.17, 15) is 0 Å². The second-order valence-electron chi connectivity index (χ2n) is 6.27. The van der Waals surface area contributed by atoms with E-state index in [1.54, 1.807) is 0 Å². The number of rotatable bonds is 4. The lowest BCUT2D eigenvalue weighted by Gasteiger charge is -2.33. The Morgan fingerprint density at radius 2 is 1.95 bits per heavy atom. The highest BCUT2D eigenvalue weighted by Crippen LogP contribution is 2.39. The average molecular weight is 259 g/mol. The van der Waals surface area contributed by atoms with Gasteiger partial charge in [0.25, 0.3) is 0 Å². The van der Waals surface area contributed by atoms with Crippen molar-refractivity contribution in [1.29, 1.82) is 0 Å². The molecule has 0 saturated heterocycles. The van der Waals surface area contributed by atoms with E-state index in [1.807, 2.05) is 0 Å². The molecule has 1 aromatic carbocycles. The van der Waals surface area contributed by atoms with Crippen molar-refractivity contribution in [2.75, 3.05) is 6.61 Å². The quantitative estimate of drug-likeness (QED) is 0.886. The van der Waals surface area contributed by atoms with Crippen molar-refractivity contribution >= 4 is 5.57 Å². The van der Waals surface area contributed by atoms with Crippen LogP contribution in [0, 0.1) is 5.41 Å². The molecular weight excluding hydrogens is 234 g/mol. The third-order valence-electron chi connectivity index (χ3n) is 3.57. The van der Waals surface area contributed by atoms with Crippen LogP contribution in [0.1, 0.15) is 45.6 Å². The second kappa shape index (κ2) is 5.79. The van der Waals surface area contributed by atoms with Crippen molar-refractivity contribution in [3.63, 3.8) is 0 Å². The van der Waals surface area contributed by atoms with Gasteiger partial charge in [-0.25, -0.2) is 0 Å². The number of benzene rings is 1. The van der Waals surface area contributed by atoms with E-state index in [2.05, 4.69) is 51.1 Å². The maximum atomic E-state index is 6.13. The van der Waals surface area contributed by atoms with Gasteiger partial charge in [0.1, 0.15) is 5.75 Å². The smallest absolute Gasteiger partial charge is 0.119 e. The van der Waals surface area contributed by atoms with Crippen molar-refractivity contribution < 1.29 is 4.74 Å². The van der Waals surface area contributed by atoms with Crippen LogP contribution in [0.3, 0.4) is 0 Å². The Balaban J connectivity index is 2.13. The Morgan fingerprint density at radius 1 is 1.26 bits per heavy atom. The van der Waals surface area contributed by atoms with E-state index in [1.165, 1.54) is 11.1 Å². The van der Waals surface area contributed by atoms with Crippen LogP contribution in [0.2, 0.25) is 0 Å². The molecule has 0 amide bonds. The van der Waals surface area contributed by atoms with Crippen LogP contribution in [-0.2, 0) is 0 Å². The van der Waals surface area contributed by atoms with Crippen LogP contribution >= 0.6 is 0 Å². The van der Waals surface area contributed by atoms with E-state index >= 15 is 0 Å². The summed E-state index contributed by atoms with van der Waals surface area (Å²) in [5.41, 5.74) is 9.06. The van der Waals surface area contributed by atoms with Crippen molar-refractivity contribution in [3.8, 4) is 5.75 Å². The molecule has 0 spiro atoms. The first-order chi connectivity index (χ1) is 9.00. The molecule has 0 radical (unpaired) electrons. The molecule has 2 rings (SSSR count). The number of allylic oxidation sites excluding steroid dienone is 1. The van der Waals surface area contributed by atoms with Gasteiger partial charge in [0.15, 0.2) is 0 Å². The molecule has 1 unspecified atom stereocenters. The van der Waals surface area contributed by atoms with Crippen molar-refractivity contribution in [1.82, 2.24) is 0 Å². The van der Waals surface area contributed by atoms with Crippen LogP contribution in [0.25, 0.3) is 5.57 Å². The van der Waals surface area contributed by atoms with Gasteiger partial charge in [-0.05, 0) is 47.9 Å². The molecule has 19 heavy (non-hydrogen) atoms. The molecule has 1 aliphatic rings. The lowest BCUT2D eigenvalue weighted by Crippen LogP contribution is -2.30. The summed E-state index contributed by atoms with van der Waals surface area (Å²) in [6.45, 7) is 7.47. The molecule has 0 aromatic heterocycles. The van der Waals surface area contributed by atoms with Gasteiger partial charge in [0.05, 0.1) is 6.61 Å². The van der Waals surface area contributed by atoms with E-state index < -0.39 is 0 Å². The van der Waals surface area contributed by atoms with Crippen molar-refractivity contribution in [2.24, 2.45) is 11.1 Å². The molecular formula is C17H25NO. The summed E-state index contributed by atoms with van der Waals surface area (Å²) in [5.74, 6) is 0.950. The predicted molar refractivity (Wildman–Crippen MR) is 81.2 cm³/mol. The Hall–Kier alpha value is -1.28. The van der Waals surface area contributed by atoms with E-state index in [0.717, 1.165) is 31.6 Å². The van der Waals surface area contributed by atoms with Gasteiger partial charge in [0.2, 0.25) is 0 Å². The molecule has 0 fully saturated rings. The molecule has 2 N–H and O–H groups in total. The standard InChI is InChI=1S/C17H25NO/c1-4-9-19-16-7-5-13(6-8-16)14-10-15(18)12-17(2,3)11-14/h5-8,10,15H,4,9,11-12,18H2,1-3H3. The summed E-state index contributed by atoms with van der Waals surface area (Å²) >= 11 is 0. The van der Waals surface area contributed by atoms with Gasteiger partial charge in [0, 0.05) is 6.04 Å². The fraction of sp³-hybridized carbons (Fsp3) is 0.529. The minimum Gasteiger partial charge on any atom is -0.494 e. The maximum Gasteiger partial charge on any atom is 0.119 e. The van der Waals surface area contributed by atoms with Gasteiger partial charge in [-0.3, -0.25) is 0 Å². The molecule has 0 aliphatic heterocycles. The lowest BCUT2D eigenvalue weighted by atomic mass is 9.74. The van der Waals surface area contributed by atoms with Gasteiger partial charge >= 0.3 is 0 Å². The third kappa shape index (κ3) is 3.84. The number of nitrogens with two attached hydrogens (primary N) is 1. The molecule has 0 bridgehead atoms. The number of hydrogen-bond acceptors (Lipinski definition) is 2. The zero-order chi connectivity index (χ0) is 13.9. The largest absolute Gasteiger partial charge is 0.494 e. The highest BCUT2D eigenvalue weighted by Gasteiger charge is 2.27. The van der Waals surface area contributed by atoms with Gasteiger partial charge in [-0.1, -0.05) is 39.0 Å². The normalized spacial score (nSPS) is 21.9. The predicted octanol–water partition coefficient (Wildman–Crippen LogP) is 4.01. The SMILES string of the molecule is CCCOc1ccc(C2=CC(N)CC(C)(C)C2)cc1. The fourth-order valence-electron chi connectivity index (χ4n) is 2.79. The van der Waals surface area contributed by atoms with Crippen molar-refractivity contribution in [3.05, 3.63) is 35.9 Å². The van der Waals surface area contributed by atoms with Crippen LogP contribution in [0.4, 0.5) is 0 Å². The lowest BCUT2D eigenvalue weighted by molar-refractivity contribution is 0.316. The summed E-state index contributed by atoms with van der Waals surface area (Å²) < 4.78 is 5.62. The molecule has 1 atom stereocenters. The monoisotopic (exact) mass is 259 g/mol. The summed E-state index contributed by atoms with van der Waals surface area (Å²) in [5, 5.41) is 0. The van der Waals surface area contributed by atoms with Crippen molar-refractivity contribution in [2.45, 2.75) is 46.1 Å². The summed E-state index contributed by atoms with van der Waals surface area (Å²) in [6, 6.07) is 8.57. The topological polar surface area (TPSA) is 35.2 Å². The third-order valence-corrected chi connectivity index (χ3v) is 3.57. The molecule has 0 heterocycles. The summed E-state index contributed by atoms with van der Waals surface area (Å²) in [4.78, 5) is 0. The zero-order valence-electron chi connectivity index (χ0n) is 12.3.